The summed E-state index contributed by atoms with van der Waals surface area (Å²) in [4.78, 5) is 43.5. The van der Waals surface area contributed by atoms with Gasteiger partial charge in [-0.3, -0.25) is 14.4 Å². The maximum Gasteiger partial charge on any atom is 0.240 e. The van der Waals surface area contributed by atoms with Crippen LogP contribution in [0, 0.1) is 5.92 Å². The van der Waals surface area contributed by atoms with Crippen molar-refractivity contribution in [1.82, 2.24) is 20.4 Å². The van der Waals surface area contributed by atoms with E-state index in [1.807, 2.05) is 0 Å². The van der Waals surface area contributed by atoms with Crippen molar-refractivity contribution < 1.29 is 32.1 Å². The number of nitrogens with one attached hydrogen (secondary N) is 1. The number of carbonyl (C=O) groups is 3. The van der Waals surface area contributed by atoms with Crippen molar-refractivity contribution in [2.45, 2.75) is 39.2 Å². The third-order valence-corrected chi connectivity index (χ3v) is 5.70. The van der Waals surface area contributed by atoms with E-state index in [-0.39, 0.29) is 24.6 Å². The Balaban J connectivity index is 2.10. The molecule has 1 aromatic heterocycles. The van der Waals surface area contributed by atoms with Crippen molar-refractivity contribution in [3.8, 4) is 0 Å². The largest absolute Gasteiger partial charge is 0.378 e. The zero-order valence-corrected chi connectivity index (χ0v) is 18.2. The fraction of sp³-hybridized carbons (Fsp3) is 0.722. The molecule has 1 unspecified atom stereocenters. The minimum Gasteiger partial charge on any atom is -0.378 e. The molecule has 2 atom stereocenters. The molecule has 0 radical (unpaired) electrons. The van der Waals surface area contributed by atoms with Crippen LogP contribution in [-0.4, -0.2) is 85.4 Å². The smallest absolute Gasteiger partial charge is 0.240 e. The molecule has 1 fully saturated rings. The van der Waals surface area contributed by atoms with Crippen molar-refractivity contribution in [3.05, 3.63) is 11.7 Å². The highest BCUT2D eigenvalue weighted by molar-refractivity contribution is 7.90. The predicted molar refractivity (Wildman–Crippen MR) is 105 cm³/mol. The van der Waals surface area contributed by atoms with Gasteiger partial charge in [-0.15, -0.1) is 0 Å². The lowest BCUT2D eigenvalue weighted by molar-refractivity contribution is -0.139. The Labute approximate surface area is 175 Å². The van der Waals surface area contributed by atoms with Crippen LogP contribution >= 0.6 is 0 Å². The number of nitrogens with zero attached hydrogens (tertiary/aromatic N) is 3. The van der Waals surface area contributed by atoms with Crippen LogP contribution in [0.25, 0.3) is 0 Å². The first kappa shape index (κ1) is 23.9. The first-order valence-electron chi connectivity index (χ1n) is 9.85. The summed E-state index contributed by atoms with van der Waals surface area (Å²) in [6, 6.07) is -0.958. The van der Waals surface area contributed by atoms with E-state index >= 15 is 0 Å². The van der Waals surface area contributed by atoms with Gasteiger partial charge in [0.25, 0.3) is 0 Å². The Kier molecular flexibility index (Phi) is 8.47. The maximum atomic E-state index is 12.8. The number of morpholine rings is 1. The molecule has 12 heteroatoms. The molecular formula is C18H28N4O7S. The van der Waals surface area contributed by atoms with Gasteiger partial charge in [0.15, 0.2) is 0 Å². The molecule has 0 bridgehead atoms. The molecule has 0 saturated carbocycles. The molecule has 30 heavy (non-hydrogen) atoms. The predicted octanol–water partition coefficient (Wildman–Crippen LogP) is -0.381. The highest BCUT2D eigenvalue weighted by Gasteiger charge is 2.32. The topological polar surface area (TPSA) is 149 Å². The Morgan fingerprint density at radius 3 is 2.40 bits per heavy atom. The van der Waals surface area contributed by atoms with Crippen LogP contribution in [-0.2, 0) is 30.6 Å². The minimum absolute atomic E-state index is 0.150. The van der Waals surface area contributed by atoms with Gasteiger partial charge in [-0.2, -0.15) is 4.98 Å². The molecule has 1 N–H and O–H groups in total. The number of Topliss-reactive ketones (excluding diaryl/α,β-unsaturated/α-hetero) is 1. The lowest BCUT2D eigenvalue weighted by Gasteiger charge is -2.28. The average Bonchev–Trinajstić information content (AvgIpc) is 3.19. The molecule has 1 saturated heterocycles. The molecule has 1 aliphatic heterocycles. The van der Waals surface area contributed by atoms with E-state index in [1.165, 1.54) is 0 Å². The van der Waals surface area contributed by atoms with E-state index in [0.29, 0.717) is 38.6 Å². The zero-order chi connectivity index (χ0) is 22.3. The van der Waals surface area contributed by atoms with Crippen molar-refractivity contribution in [2.24, 2.45) is 5.92 Å². The standard InChI is InChI=1S/C18H28N4O7S/c1-4-13(16(24)17-20-14(5-2)29-21-17)19-18(25)12(11-30(3,26)27)10-15(23)22-6-8-28-9-7-22/h12-13H,4-11H2,1-3H3,(H,19,25)/t12?,13-/m0/s1. The second kappa shape index (κ2) is 10.6. The molecule has 2 heterocycles. The van der Waals surface area contributed by atoms with Crippen molar-refractivity contribution >= 4 is 27.4 Å². The summed E-state index contributed by atoms with van der Waals surface area (Å²) in [7, 11) is -3.54. The quantitative estimate of drug-likeness (QED) is 0.476. The first-order chi connectivity index (χ1) is 14.1. The van der Waals surface area contributed by atoms with Gasteiger partial charge in [-0.05, 0) is 6.42 Å². The van der Waals surface area contributed by atoms with Crippen molar-refractivity contribution in [2.75, 3.05) is 38.3 Å². The Hall–Kier alpha value is -2.34. The highest BCUT2D eigenvalue weighted by Crippen LogP contribution is 2.13. The third kappa shape index (κ3) is 6.87. The molecule has 168 valence electrons. The van der Waals surface area contributed by atoms with Crippen LogP contribution in [0.5, 0.6) is 0 Å². The molecule has 2 rings (SSSR count). The monoisotopic (exact) mass is 444 g/mol. The molecule has 0 aromatic carbocycles. The summed E-state index contributed by atoms with van der Waals surface area (Å²) in [6.07, 6.45) is 1.43. The molecular weight excluding hydrogens is 416 g/mol. The molecule has 0 spiro atoms. The number of ketones is 1. The second-order valence-electron chi connectivity index (χ2n) is 7.19. The molecule has 1 aromatic rings. The van der Waals surface area contributed by atoms with Crippen LogP contribution in [0.3, 0.4) is 0 Å². The van der Waals surface area contributed by atoms with Crippen LogP contribution in [0.1, 0.15) is 43.2 Å². The van der Waals surface area contributed by atoms with Crippen molar-refractivity contribution in [3.63, 3.8) is 0 Å². The summed E-state index contributed by atoms with van der Waals surface area (Å²) in [5.74, 6) is -3.01. The fourth-order valence-electron chi connectivity index (χ4n) is 3.04. The van der Waals surface area contributed by atoms with Crippen LogP contribution < -0.4 is 5.32 Å². The number of aryl methyl sites for hydroxylation is 1. The van der Waals surface area contributed by atoms with Gasteiger partial charge in [0, 0.05) is 32.2 Å². The van der Waals surface area contributed by atoms with E-state index in [4.69, 9.17) is 9.26 Å². The van der Waals surface area contributed by atoms with E-state index in [0.717, 1.165) is 6.26 Å². The number of ether oxygens (including phenoxy) is 1. The van der Waals surface area contributed by atoms with Gasteiger partial charge in [0.1, 0.15) is 9.84 Å². The number of aromatic nitrogens is 2. The van der Waals surface area contributed by atoms with E-state index in [2.05, 4.69) is 15.5 Å². The summed E-state index contributed by atoms with van der Waals surface area (Å²) < 4.78 is 33.8. The van der Waals surface area contributed by atoms with Gasteiger partial charge in [-0.1, -0.05) is 19.0 Å². The van der Waals surface area contributed by atoms with Gasteiger partial charge in [0.05, 0.1) is 30.9 Å². The Bertz CT molecular complexity index is 862. The van der Waals surface area contributed by atoms with E-state index in [9.17, 15) is 22.8 Å². The van der Waals surface area contributed by atoms with Crippen molar-refractivity contribution in [1.29, 1.82) is 0 Å². The number of sulfone groups is 1. The fourth-order valence-corrected chi connectivity index (χ4v) is 4.04. The normalized spacial score (nSPS) is 16.7. The lowest BCUT2D eigenvalue weighted by Crippen LogP contribution is -2.47. The lowest BCUT2D eigenvalue weighted by atomic mass is 10.0. The van der Waals surface area contributed by atoms with Gasteiger partial charge in [0.2, 0.25) is 29.3 Å². The molecule has 0 aliphatic carbocycles. The average molecular weight is 445 g/mol. The molecule has 11 nitrogen and oxygen atoms in total. The number of amides is 2. The SMILES string of the molecule is CCc1nc(C(=O)[C@H](CC)NC(=O)C(CC(=O)N2CCOCC2)CS(C)(=O)=O)no1. The third-order valence-electron chi connectivity index (χ3n) is 4.69. The molecule has 1 aliphatic rings. The van der Waals surface area contributed by atoms with Crippen LogP contribution in [0.2, 0.25) is 0 Å². The zero-order valence-electron chi connectivity index (χ0n) is 17.4. The number of hydrogen-bond acceptors (Lipinski definition) is 9. The molecule has 2 amide bonds. The second-order valence-corrected chi connectivity index (χ2v) is 9.37. The van der Waals surface area contributed by atoms with Crippen LogP contribution in [0.4, 0.5) is 0 Å². The Morgan fingerprint density at radius 2 is 1.87 bits per heavy atom. The Morgan fingerprint density at radius 1 is 1.20 bits per heavy atom. The summed E-state index contributed by atoms with van der Waals surface area (Å²) in [5, 5.41) is 6.17. The minimum atomic E-state index is -3.54. The first-order valence-corrected chi connectivity index (χ1v) is 11.9. The van der Waals surface area contributed by atoms with Gasteiger partial charge < -0.3 is 19.5 Å². The highest BCUT2D eigenvalue weighted by atomic mass is 32.2. The number of rotatable bonds is 10. The number of hydrogen-bond donors (Lipinski definition) is 1. The maximum absolute atomic E-state index is 12.8. The van der Waals surface area contributed by atoms with Gasteiger partial charge in [-0.25, -0.2) is 8.42 Å². The summed E-state index contributed by atoms with van der Waals surface area (Å²) >= 11 is 0. The van der Waals surface area contributed by atoms with Crippen LogP contribution in [0.15, 0.2) is 4.52 Å². The number of carbonyl (C=O) groups excluding carboxylic acids is 3. The summed E-state index contributed by atoms with van der Waals surface area (Å²) in [5.41, 5.74) is 0. The summed E-state index contributed by atoms with van der Waals surface area (Å²) in [6.45, 7) is 5.05. The van der Waals surface area contributed by atoms with E-state index < -0.39 is 39.2 Å². The van der Waals surface area contributed by atoms with Gasteiger partial charge >= 0.3 is 0 Å². The van der Waals surface area contributed by atoms with E-state index in [1.54, 1.807) is 18.7 Å².